The van der Waals surface area contributed by atoms with Crippen LogP contribution in [0.15, 0.2) is 24.4 Å². The summed E-state index contributed by atoms with van der Waals surface area (Å²) in [7, 11) is 0. The molecule has 0 saturated carbocycles. The molecule has 1 heterocycles. The van der Waals surface area contributed by atoms with Crippen molar-refractivity contribution in [3.8, 4) is 0 Å². The molecule has 0 bridgehead atoms. The van der Waals surface area contributed by atoms with Crippen molar-refractivity contribution in [1.82, 2.24) is 4.98 Å². The Hall–Kier alpha value is -0.150. The van der Waals surface area contributed by atoms with E-state index in [1.54, 1.807) is 0 Å². The lowest BCUT2D eigenvalue weighted by Gasteiger charge is -2.09. The highest BCUT2D eigenvalue weighted by Crippen LogP contribution is 2.34. The van der Waals surface area contributed by atoms with Crippen LogP contribution in [0.4, 0.5) is 0 Å². The van der Waals surface area contributed by atoms with Gasteiger partial charge >= 0.3 is 0 Å². The number of hydrogen-bond acceptors (Lipinski definition) is 3. The second-order valence-corrected chi connectivity index (χ2v) is 4.24. The molecule has 0 aliphatic carbocycles. The third kappa shape index (κ3) is 2.42. The van der Waals surface area contributed by atoms with E-state index in [0.717, 1.165) is 5.69 Å². The van der Waals surface area contributed by atoms with Crippen molar-refractivity contribution in [3.05, 3.63) is 30.1 Å². The summed E-state index contributed by atoms with van der Waals surface area (Å²) in [5.74, 6) is 0. The largest absolute Gasteiger partial charge is 0.259 e. The summed E-state index contributed by atoms with van der Waals surface area (Å²) in [6, 6.07) is 6.04. The van der Waals surface area contributed by atoms with E-state index in [1.807, 2.05) is 41.9 Å². The van der Waals surface area contributed by atoms with E-state index in [0.29, 0.717) is 4.58 Å². The molecule has 1 aromatic rings. The fourth-order valence-corrected chi connectivity index (χ4v) is 2.38. The van der Waals surface area contributed by atoms with Gasteiger partial charge in [-0.2, -0.15) is 0 Å². The zero-order valence-electron chi connectivity index (χ0n) is 6.65. The Morgan fingerprint density at radius 2 is 2.00 bits per heavy atom. The van der Waals surface area contributed by atoms with Gasteiger partial charge in [0.15, 0.2) is 0 Å². The van der Waals surface area contributed by atoms with E-state index in [1.165, 1.54) is 0 Å². The molecule has 0 unspecified atom stereocenters. The molecule has 0 spiro atoms. The molecule has 1 nitrogen and oxygen atoms in total. The van der Waals surface area contributed by atoms with Gasteiger partial charge in [-0.25, -0.2) is 0 Å². The van der Waals surface area contributed by atoms with Crippen molar-refractivity contribution in [2.45, 2.75) is 4.58 Å². The second kappa shape index (κ2) is 4.67. The highest BCUT2D eigenvalue weighted by molar-refractivity contribution is 8.15. The predicted octanol–water partition coefficient (Wildman–Crippen LogP) is 2.81. The van der Waals surface area contributed by atoms with Gasteiger partial charge in [-0.05, 0) is 24.6 Å². The quantitative estimate of drug-likeness (QED) is 0.672. The van der Waals surface area contributed by atoms with E-state index >= 15 is 0 Å². The summed E-state index contributed by atoms with van der Waals surface area (Å²) in [5.41, 5.74) is 1.16. The van der Waals surface area contributed by atoms with E-state index in [9.17, 15) is 0 Å². The van der Waals surface area contributed by atoms with Crippen LogP contribution in [0.1, 0.15) is 10.3 Å². The minimum absolute atomic E-state index is 0.483. The summed E-state index contributed by atoms with van der Waals surface area (Å²) in [4.78, 5) is 4.28. The summed E-state index contributed by atoms with van der Waals surface area (Å²) in [5, 5.41) is 0. The molecule has 0 aromatic carbocycles. The average molecular weight is 185 g/mol. The molecule has 1 aromatic heterocycles. The zero-order chi connectivity index (χ0) is 8.10. The normalized spacial score (nSPS) is 10.5. The lowest BCUT2D eigenvalue weighted by atomic mass is 10.4. The van der Waals surface area contributed by atoms with E-state index in [2.05, 4.69) is 23.6 Å². The Morgan fingerprint density at radius 3 is 2.45 bits per heavy atom. The molecule has 0 fully saturated rings. The summed E-state index contributed by atoms with van der Waals surface area (Å²) in [6.45, 7) is 0. The topological polar surface area (TPSA) is 12.9 Å². The predicted molar refractivity (Wildman–Crippen MR) is 54.0 cm³/mol. The lowest BCUT2D eigenvalue weighted by Crippen LogP contribution is -1.90. The van der Waals surface area contributed by atoms with E-state index in [4.69, 9.17) is 0 Å². The van der Waals surface area contributed by atoms with Gasteiger partial charge in [0.05, 0.1) is 10.3 Å². The molecule has 11 heavy (non-hydrogen) atoms. The van der Waals surface area contributed by atoms with Gasteiger partial charge in [0.25, 0.3) is 0 Å². The SMILES string of the molecule is CSC(SC)c1ccccn1. The molecular weight excluding hydrogens is 174 g/mol. The summed E-state index contributed by atoms with van der Waals surface area (Å²) >= 11 is 3.65. The second-order valence-electron chi connectivity index (χ2n) is 2.06. The Kier molecular flexibility index (Phi) is 3.80. The number of pyridine rings is 1. The van der Waals surface area contributed by atoms with Crippen molar-refractivity contribution < 1.29 is 0 Å². The third-order valence-electron chi connectivity index (χ3n) is 1.36. The third-order valence-corrected chi connectivity index (χ3v) is 3.85. The fourth-order valence-electron chi connectivity index (χ4n) is 0.853. The first kappa shape index (κ1) is 8.94. The first-order valence-electron chi connectivity index (χ1n) is 3.35. The average Bonchev–Trinajstić information content (AvgIpc) is 2.09. The number of hydrogen-bond donors (Lipinski definition) is 0. The first-order chi connectivity index (χ1) is 5.38. The number of aromatic nitrogens is 1. The van der Waals surface area contributed by atoms with Crippen LogP contribution >= 0.6 is 23.5 Å². The molecule has 0 atom stereocenters. The van der Waals surface area contributed by atoms with Crippen LogP contribution in [0.25, 0.3) is 0 Å². The van der Waals surface area contributed by atoms with Crippen LogP contribution in [-0.4, -0.2) is 17.5 Å². The minimum atomic E-state index is 0.483. The molecule has 1 rings (SSSR count). The molecule has 0 aliphatic rings. The molecule has 60 valence electrons. The maximum atomic E-state index is 4.28. The zero-order valence-corrected chi connectivity index (χ0v) is 8.28. The highest BCUT2D eigenvalue weighted by atomic mass is 32.2. The Morgan fingerprint density at radius 1 is 1.27 bits per heavy atom. The van der Waals surface area contributed by atoms with Crippen LogP contribution in [0.3, 0.4) is 0 Å². The molecule has 0 saturated heterocycles. The van der Waals surface area contributed by atoms with Crippen molar-refractivity contribution in [2.75, 3.05) is 12.5 Å². The standard InChI is InChI=1S/C8H11NS2/c1-10-8(11-2)7-5-3-4-6-9-7/h3-6,8H,1-2H3. The monoisotopic (exact) mass is 185 g/mol. The lowest BCUT2D eigenvalue weighted by molar-refractivity contribution is 1.16. The van der Waals surface area contributed by atoms with Crippen molar-refractivity contribution >= 4 is 23.5 Å². The maximum Gasteiger partial charge on any atom is 0.0916 e. The van der Waals surface area contributed by atoms with Crippen LogP contribution in [0, 0.1) is 0 Å². The Balaban J connectivity index is 2.74. The smallest absolute Gasteiger partial charge is 0.0916 e. The maximum absolute atomic E-state index is 4.28. The Bertz CT molecular complexity index is 197. The Labute approximate surface area is 76.0 Å². The molecule has 0 radical (unpaired) electrons. The molecule has 3 heteroatoms. The summed E-state index contributed by atoms with van der Waals surface area (Å²) < 4.78 is 0.483. The van der Waals surface area contributed by atoms with Crippen LogP contribution in [0.5, 0.6) is 0 Å². The first-order valence-corrected chi connectivity index (χ1v) is 5.92. The fraction of sp³-hybridized carbons (Fsp3) is 0.375. The van der Waals surface area contributed by atoms with Crippen molar-refractivity contribution in [2.24, 2.45) is 0 Å². The van der Waals surface area contributed by atoms with Crippen LogP contribution in [0.2, 0.25) is 0 Å². The van der Waals surface area contributed by atoms with Gasteiger partial charge in [0.2, 0.25) is 0 Å². The van der Waals surface area contributed by atoms with Crippen LogP contribution in [-0.2, 0) is 0 Å². The van der Waals surface area contributed by atoms with Gasteiger partial charge in [0.1, 0.15) is 0 Å². The van der Waals surface area contributed by atoms with Gasteiger partial charge in [-0.1, -0.05) is 6.07 Å². The van der Waals surface area contributed by atoms with Gasteiger partial charge in [-0.15, -0.1) is 23.5 Å². The summed E-state index contributed by atoms with van der Waals surface area (Å²) in [6.07, 6.45) is 6.06. The highest BCUT2D eigenvalue weighted by Gasteiger charge is 2.07. The number of nitrogens with zero attached hydrogens (tertiary/aromatic N) is 1. The molecular formula is C8H11NS2. The minimum Gasteiger partial charge on any atom is -0.259 e. The molecule has 0 amide bonds. The van der Waals surface area contributed by atoms with Crippen LogP contribution < -0.4 is 0 Å². The van der Waals surface area contributed by atoms with Crippen molar-refractivity contribution in [1.29, 1.82) is 0 Å². The molecule has 0 aliphatic heterocycles. The van der Waals surface area contributed by atoms with Gasteiger partial charge in [0, 0.05) is 6.20 Å². The van der Waals surface area contributed by atoms with Crippen molar-refractivity contribution in [3.63, 3.8) is 0 Å². The van der Waals surface area contributed by atoms with E-state index in [-0.39, 0.29) is 0 Å². The van der Waals surface area contributed by atoms with Gasteiger partial charge in [-0.3, -0.25) is 4.98 Å². The number of thioether (sulfide) groups is 2. The van der Waals surface area contributed by atoms with Gasteiger partial charge < -0.3 is 0 Å². The molecule has 0 N–H and O–H groups in total. The number of rotatable bonds is 3. The van der Waals surface area contributed by atoms with E-state index < -0.39 is 0 Å².